The number of hydrogen-bond donors (Lipinski definition) is 0. The quantitative estimate of drug-likeness (QED) is 0.567. The van der Waals surface area contributed by atoms with Crippen molar-refractivity contribution in [3.05, 3.63) is 34.7 Å². The standard InChI is InChI=1S/C11H13N/c1-7-4-5-10-11(7)9(3)8(2)6-12-10/h4,6H,5H2,1-3H3. The topological polar surface area (TPSA) is 12.9 Å². The number of hydrogen-bond acceptors (Lipinski definition) is 1. The molecule has 0 saturated carbocycles. The second kappa shape index (κ2) is 2.44. The fourth-order valence-corrected chi connectivity index (χ4v) is 1.78. The van der Waals surface area contributed by atoms with E-state index in [1.165, 1.54) is 28.0 Å². The first kappa shape index (κ1) is 7.53. The number of rotatable bonds is 0. The lowest BCUT2D eigenvalue weighted by molar-refractivity contribution is 1.09. The predicted molar refractivity (Wildman–Crippen MR) is 51.1 cm³/mol. The van der Waals surface area contributed by atoms with Crippen LogP contribution in [0.1, 0.15) is 29.3 Å². The van der Waals surface area contributed by atoms with Gasteiger partial charge in [-0.25, -0.2) is 0 Å². The molecule has 0 atom stereocenters. The van der Waals surface area contributed by atoms with Crippen LogP contribution in [0, 0.1) is 13.8 Å². The molecule has 1 aliphatic carbocycles. The maximum atomic E-state index is 4.42. The van der Waals surface area contributed by atoms with Crippen LogP contribution in [0.4, 0.5) is 0 Å². The summed E-state index contributed by atoms with van der Waals surface area (Å²) in [6.07, 6.45) is 5.24. The second-order valence-electron chi connectivity index (χ2n) is 3.48. The van der Waals surface area contributed by atoms with Crippen LogP contribution in [0.2, 0.25) is 0 Å². The maximum absolute atomic E-state index is 4.42. The number of fused-ring (bicyclic) bond motifs is 1. The molecule has 0 aromatic carbocycles. The monoisotopic (exact) mass is 159 g/mol. The highest BCUT2D eigenvalue weighted by Gasteiger charge is 2.14. The molecular weight excluding hydrogens is 146 g/mol. The van der Waals surface area contributed by atoms with Gasteiger partial charge in [-0.3, -0.25) is 4.98 Å². The molecule has 1 heterocycles. The minimum atomic E-state index is 1.02. The van der Waals surface area contributed by atoms with Gasteiger partial charge in [-0.2, -0.15) is 0 Å². The summed E-state index contributed by atoms with van der Waals surface area (Å²) >= 11 is 0. The molecule has 62 valence electrons. The first-order valence-corrected chi connectivity index (χ1v) is 4.32. The van der Waals surface area contributed by atoms with Crippen LogP contribution in [0.25, 0.3) is 5.57 Å². The highest BCUT2D eigenvalue weighted by atomic mass is 14.7. The van der Waals surface area contributed by atoms with Crippen LogP contribution in [0.15, 0.2) is 12.3 Å². The summed E-state index contributed by atoms with van der Waals surface area (Å²) in [6.45, 7) is 6.46. The Morgan fingerprint density at radius 2 is 2.00 bits per heavy atom. The van der Waals surface area contributed by atoms with Crippen molar-refractivity contribution in [3.8, 4) is 0 Å². The largest absolute Gasteiger partial charge is 0.260 e. The molecule has 1 aliphatic rings. The minimum absolute atomic E-state index is 1.02. The van der Waals surface area contributed by atoms with Crippen LogP contribution in [-0.4, -0.2) is 4.98 Å². The van der Waals surface area contributed by atoms with Gasteiger partial charge in [0.25, 0.3) is 0 Å². The molecule has 0 bridgehead atoms. The van der Waals surface area contributed by atoms with Crippen LogP contribution in [0.5, 0.6) is 0 Å². The summed E-state index contributed by atoms with van der Waals surface area (Å²) in [5.74, 6) is 0. The lowest BCUT2D eigenvalue weighted by Gasteiger charge is -2.07. The third-order valence-corrected chi connectivity index (χ3v) is 2.67. The SMILES string of the molecule is CC1=CCc2ncc(C)c(C)c21. The number of nitrogens with zero attached hydrogens (tertiary/aromatic N) is 1. The fraction of sp³-hybridized carbons (Fsp3) is 0.364. The Morgan fingerprint density at radius 1 is 1.25 bits per heavy atom. The molecule has 2 rings (SSSR count). The molecule has 0 unspecified atom stereocenters. The van der Waals surface area contributed by atoms with E-state index in [2.05, 4.69) is 31.8 Å². The van der Waals surface area contributed by atoms with Gasteiger partial charge >= 0.3 is 0 Å². The first-order valence-electron chi connectivity index (χ1n) is 4.32. The normalized spacial score (nSPS) is 14.4. The molecule has 1 aromatic rings. The lowest BCUT2D eigenvalue weighted by Crippen LogP contribution is -1.95. The smallest absolute Gasteiger partial charge is 0.0519 e. The van der Waals surface area contributed by atoms with Crippen molar-refractivity contribution in [1.82, 2.24) is 4.98 Å². The van der Waals surface area contributed by atoms with Crippen molar-refractivity contribution in [2.24, 2.45) is 0 Å². The zero-order valence-corrected chi connectivity index (χ0v) is 7.81. The van der Waals surface area contributed by atoms with Gasteiger partial charge in [0.05, 0.1) is 5.69 Å². The number of aryl methyl sites for hydroxylation is 1. The van der Waals surface area contributed by atoms with Gasteiger partial charge in [0.15, 0.2) is 0 Å². The lowest BCUT2D eigenvalue weighted by atomic mass is 10.0. The Bertz CT molecular complexity index is 362. The first-order chi connectivity index (χ1) is 5.70. The van der Waals surface area contributed by atoms with Gasteiger partial charge < -0.3 is 0 Å². The molecule has 1 heteroatoms. The summed E-state index contributed by atoms with van der Waals surface area (Å²) < 4.78 is 0. The summed E-state index contributed by atoms with van der Waals surface area (Å²) in [7, 11) is 0. The molecule has 1 nitrogen and oxygen atoms in total. The Kier molecular flexibility index (Phi) is 1.53. The number of allylic oxidation sites excluding steroid dienone is 2. The molecule has 0 fully saturated rings. The number of aromatic nitrogens is 1. The van der Waals surface area contributed by atoms with E-state index in [9.17, 15) is 0 Å². The van der Waals surface area contributed by atoms with Crippen molar-refractivity contribution in [2.45, 2.75) is 27.2 Å². The molecule has 0 N–H and O–H groups in total. The third kappa shape index (κ3) is 0.893. The van der Waals surface area contributed by atoms with Gasteiger partial charge in [0, 0.05) is 18.2 Å². The molecule has 0 saturated heterocycles. The highest BCUT2D eigenvalue weighted by Crippen LogP contribution is 2.29. The van der Waals surface area contributed by atoms with E-state index < -0.39 is 0 Å². The molecular formula is C11H13N. The van der Waals surface area contributed by atoms with E-state index >= 15 is 0 Å². The van der Waals surface area contributed by atoms with Crippen LogP contribution < -0.4 is 0 Å². The molecule has 0 radical (unpaired) electrons. The predicted octanol–water partition coefficient (Wildman–Crippen LogP) is 2.66. The van der Waals surface area contributed by atoms with Gasteiger partial charge in [0.1, 0.15) is 0 Å². The zero-order valence-electron chi connectivity index (χ0n) is 7.81. The van der Waals surface area contributed by atoms with Crippen molar-refractivity contribution >= 4 is 5.57 Å². The van der Waals surface area contributed by atoms with E-state index in [4.69, 9.17) is 0 Å². The van der Waals surface area contributed by atoms with Crippen molar-refractivity contribution in [3.63, 3.8) is 0 Å². The van der Waals surface area contributed by atoms with Crippen LogP contribution >= 0.6 is 0 Å². The second-order valence-corrected chi connectivity index (χ2v) is 3.48. The van der Waals surface area contributed by atoms with E-state index in [0.717, 1.165) is 6.42 Å². The van der Waals surface area contributed by atoms with Crippen LogP contribution in [-0.2, 0) is 6.42 Å². The van der Waals surface area contributed by atoms with Crippen LogP contribution in [0.3, 0.4) is 0 Å². The molecule has 0 amide bonds. The molecule has 0 aliphatic heterocycles. The molecule has 12 heavy (non-hydrogen) atoms. The van der Waals surface area contributed by atoms with Gasteiger partial charge in [0.2, 0.25) is 0 Å². The van der Waals surface area contributed by atoms with E-state index in [1.807, 2.05) is 6.20 Å². The summed E-state index contributed by atoms with van der Waals surface area (Å²) in [6, 6.07) is 0. The number of pyridine rings is 1. The highest BCUT2D eigenvalue weighted by molar-refractivity contribution is 5.73. The molecule has 1 aromatic heterocycles. The summed E-state index contributed by atoms with van der Waals surface area (Å²) in [5.41, 5.74) is 6.71. The average Bonchev–Trinajstić information content (AvgIpc) is 2.41. The van der Waals surface area contributed by atoms with Gasteiger partial charge in [-0.05, 0) is 37.5 Å². The fourth-order valence-electron chi connectivity index (χ4n) is 1.78. The van der Waals surface area contributed by atoms with E-state index in [0.29, 0.717) is 0 Å². The van der Waals surface area contributed by atoms with E-state index in [1.54, 1.807) is 0 Å². The van der Waals surface area contributed by atoms with Gasteiger partial charge in [-0.15, -0.1) is 0 Å². The van der Waals surface area contributed by atoms with Crippen molar-refractivity contribution in [1.29, 1.82) is 0 Å². The van der Waals surface area contributed by atoms with E-state index in [-0.39, 0.29) is 0 Å². The minimum Gasteiger partial charge on any atom is -0.260 e. The molecule has 0 spiro atoms. The third-order valence-electron chi connectivity index (χ3n) is 2.67. The summed E-state index contributed by atoms with van der Waals surface area (Å²) in [4.78, 5) is 4.42. The Labute approximate surface area is 73.1 Å². The maximum Gasteiger partial charge on any atom is 0.0519 e. The van der Waals surface area contributed by atoms with Crippen molar-refractivity contribution < 1.29 is 0 Å². The Balaban J connectivity index is 2.70. The Hall–Kier alpha value is -1.11. The average molecular weight is 159 g/mol. The Morgan fingerprint density at radius 3 is 2.75 bits per heavy atom. The summed E-state index contributed by atoms with van der Waals surface area (Å²) in [5, 5.41) is 0. The zero-order chi connectivity index (χ0) is 8.72. The van der Waals surface area contributed by atoms with Crippen molar-refractivity contribution in [2.75, 3.05) is 0 Å². The van der Waals surface area contributed by atoms with Gasteiger partial charge in [-0.1, -0.05) is 6.08 Å².